The van der Waals surface area contributed by atoms with Crippen LogP contribution in [-0.2, 0) is 6.54 Å². The summed E-state index contributed by atoms with van der Waals surface area (Å²) in [4.78, 5) is 12.9. The summed E-state index contributed by atoms with van der Waals surface area (Å²) in [5, 5.41) is 15.6. The Morgan fingerprint density at radius 2 is 2.10 bits per heavy atom. The van der Waals surface area contributed by atoms with Gasteiger partial charge in [-0.3, -0.25) is 4.99 Å². The maximum atomic E-state index is 12.6. The van der Waals surface area contributed by atoms with E-state index in [-0.39, 0.29) is 24.3 Å². The monoisotopic (exact) mass is 428 g/mol. The highest BCUT2D eigenvalue weighted by Crippen LogP contribution is 2.32. The van der Waals surface area contributed by atoms with Crippen LogP contribution in [0.5, 0.6) is 5.75 Å². The van der Waals surface area contributed by atoms with Gasteiger partial charge in [-0.2, -0.15) is 10.2 Å². The van der Waals surface area contributed by atoms with Crippen molar-refractivity contribution in [3.05, 3.63) is 52.9 Å². The zero-order valence-electron chi connectivity index (χ0n) is 16.4. The third kappa shape index (κ3) is 5.12. The molecule has 1 aliphatic heterocycles. The van der Waals surface area contributed by atoms with Gasteiger partial charge in [-0.25, -0.2) is 4.98 Å². The minimum atomic E-state index is -4.78. The second kappa shape index (κ2) is 8.63. The van der Waals surface area contributed by atoms with E-state index in [2.05, 4.69) is 36.4 Å². The minimum absolute atomic E-state index is 0.0198. The van der Waals surface area contributed by atoms with Gasteiger partial charge in [-0.1, -0.05) is 18.2 Å². The quantitative estimate of drug-likeness (QED) is 0.701. The Balaban J connectivity index is 1.46. The molecule has 1 aliphatic carbocycles. The molecule has 0 saturated heterocycles. The number of nitrogens with one attached hydrogen (secondary N) is 2. The number of halogens is 3. The van der Waals surface area contributed by atoms with E-state index in [4.69, 9.17) is 0 Å². The summed E-state index contributed by atoms with van der Waals surface area (Å²) in [5.74, 6) is 0.284. The van der Waals surface area contributed by atoms with Crippen molar-refractivity contribution in [3.8, 4) is 11.8 Å². The lowest BCUT2D eigenvalue weighted by Crippen LogP contribution is -2.24. The maximum absolute atomic E-state index is 12.6. The van der Waals surface area contributed by atoms with E-state index in [1.54, 1.807) is 6.07 Å². The van der Waals surface area contributed by atoms with Crippen LogP contribution < -0.4 is 15.4 Å². The number of alkyl halides is 3. The first-order chi connectivity index (χ1) is 14.9. The molecule has 4 rings (SSSR count). The van der Waals surface area contributed by atoms with Crippen LogP contribution in [0, 0.1) is 11.3 Å². The summed E-state index contributed by atoms with van der Waals surface area (Å²) in [5.41, 5.74) is 3.05. The number of hydrogen-bond acceptors (Lipinski definition) is 7. The molecule has 0 radical (unpaired) electrons. The summed E-state index contributed by atoms with van der Waals surface area (Å²) in [6.45, 7) is 0.0198. The average molecular weight is 428 g/mol. The fourth-order valence-corrected chi connectivity index (χ4v) is 3.63. The van der Waals surface area contributed by atoms with E-state index in [1.165, 1.54) is 30.0 Å². The van der Waals surface area contributed by atoms with Crippen LogP contribution in [0.1, 0.15) is 36.8 Å². The second-order valence-corrected chi connectivity index (χ2v) is 7.23. The van der Waals surface area contributed by atoms with E-state index < -0.39 is 6.36 Å². The zero-order chi connectivity index (χ0) is 21.8. The number of nitriles is 1. The van der Waals surface area contributed by atoms with Crippen molar-refractivity contribution in [2.75, 3.05) is 10.6 Å². The zero-order valence-corrected chi connectivity index (χ0v) is 16.4. The second-order valence-electron chi connectivity index (χ2n) is 7.23. The topological polar surface area (TPSA) is 95.2 Å². The molecular weight excluding hydrogens is 409 g/mol. The highest BCUT2D eigenvalue weighted by molar-refractivity contribution is 5.67. The fraction of sp³-hybridized carbons (Fsp3) is 0.333. The largest absolute Gasteiger partial charge is 0.573 e. The third-order valence-electron chi connectivity index (χ3n) is 5.11. The normalized spacial score (nSPS) is 17.8. The van der Waals surface area contributed by atoms with Crippen LogP contribution >= 0.6 is 0 Å². The van der Waals surface area contributed by atoms with E-state index in [0.717, 1.165) is 31.4 Å². The average Bonchev–Trinajstić information content (AvgIpc) is 3.20. The molecule has 31 heavy (non-hydrogen) atoms. The Labute approximate surface area is 176 Å². The van der Waals surface area contributed by atoms with Crippen LogP contribution in [0.3, 0.4) is 0 Å². The summed E-state index contributed by atoms with van der Waals surface area (Å²) in [6.07, 6.45) is 2.04. The van der Waals surface area contributed by atoms with Gasteiger partial charge in [0, 0.05) is 42.9 Å². The number of para-hydroxylation sites is 1. The van der Waals surface area contributed by atoms with E-state index in [0.29, 0.717) is 16.9 Å². The van der Waals surface area contributed by atoms with Crippen LogP contribution in [0.25, 0.3) is 0 Å². The van der Waals surface area contributed by atoms with Gasteiger partial charge in [0.2, 0.25) is 5.95 Å². The number of ether oxygens (including phenoxy) is 1. The number of anilines is 2. The standard InChI is InChI=1S/C21H19F3N6O/c22-21(23,24)31-18-4-2-1-3-14(18)11-27-20-28-12-15(10-25)19(30-20)29-16-6-5-13-7-8-26-17(13)9-16/h1-4,8,12,16H,5-7,9,11H2,(H2,27,28,29,30). The molecule has 2 aromatic rings. The van der Waals surface area contributed by atoms with Crippen molar-refractivity contribution in [2.24, 2.45) is 4.99 Å². The molecule has 10 heteroatoms. The molecule has 2 N–H and O–H groups in total. The van der Waals surface area contributed by atoms with Gasteiger partial charge in [0.1, 0.15) is 23.2 Å². The summed E-state index contributed by atoms with van der Waals surface area (Å²) in [7, 11) is 0. The van der Waals surface area contributed by atoms with Gasteiger partial charge in [0.05, 0.1) is 6.20 Å². The fourth-order valence-electron chi connectivity index (χ4n) is 3.63. The minimum Gasteiger partial charge on any atom is -0.405 e. The lowest BCUT2D eigenvalue weighted by molar-refractivity contribution is -0.274. The number of nitrogens with zero attached hydrogens (tertiary/aromatic N) is 4. The molecule has 1 unspecified atom stereocenters. The molecule has 0 bridgehead atoms. The molecular formula is C21H19F3N6O. The Kier molecular flexibility index (Phi) is 5.75. The first kappa shape index (κ1) is 20.7. The molecule has 0 saturated carbocycles. The highest BCUT2D eigenvalue weighted by Gasteiger charge is 2.32. The first-order valence-electron chi connectivity index (χ1n) is 9.76. The van der Waals surface area contributed by atoms with Gasteiger partial charge in [0.15, 0.2) is 0 Å². The third-order valence-corrected chi connectivity index (χ3v) is 5.11. The summed E-state index contributed by atoms with van der Waals surface area (Å²) >= 11 is 0. The van der Waals surface area contributed by atoms with Crippen molar-refractivity contribution in [3.63, 3.8) is 0 Å². The lowest BCUT2D eigenvalue weighted by Gasteiger charge is -2.24. The Morgan fingerprint density at radius 3 is 2.90 bits per heavy atom. The van der Waals surface area contributed by atoms with Crippen LogP contribution in [0.2, 0.25) is 0 Å². The van der Waals surface area contributed by atoms with Gasteiger partial charge in [-0.05, 0) is 24.5 Å². The number of rotatable bonds is 6. The van der Waals surface area contributed by atoms with Gasteiger partial charge in [-0.15, -0.1) is 13.2 Å². The van der Waals surface area contributed by atoms with Crippen LogP contribution in [0.4, 0.5) is 24.9 Å². The van der Waals surface area contributed by atoms with Crippen molar-refractivity contribution in [2.45, 2.75) is 44.6 Å². The lowest BCUT2D eigenvalue weighted by atomic mass is 9.92. The van der Waals surface area contributed by atoms with E-state index >= 15 is 0 Å². The molecule has 2 heterocycles. The number of aromatic nitrogens is 2. The van der Waals surface area contributed by atoms with E-state index in [1.807, 2.05) is 6.21 Å². The van der Waals surface area contributed by atoms with Crippen molar-refractivity contribution in [1.29, 1.82) is 5.26 Å². The molecule has 2 aliphatic rings. The molecule has 7 nitrogen and oxygen atoms in total. The number of allylic oxidation sites excluding steroid dienone is 1. The summed E-state index contributed by atoms with van der Waals surface area (Å²) < 4.78 is 41.9. The van der Waals surface area contributed by atoms with E-state index in [9.17, 15) is 18.4 Å². The van der Waals surface area contributed by atoms with Gasteiger partial charge < -0.3 is 15.4 Å². The molecule has 1 aromatic carbocycles. The smallest absolute Gasteiger partial charge is 0.405 e. The Morgan fingerprint density at radius 1 is 1.26 bits per heavy atom. The number of aliphatic imine (C=N–C) groups is 1. The summed E-state index contributed by atoms with van der Waals surface area (Å²) in [6, 6.07) is 8.00. The van der Waals surface area contributed by atoms with Crippen LogP contribution in [0.15, 0.2) is 46.7 Å². The molecule has 0 fully saturated rings. The molecule has 0 amide bonds. The predicted molar refractivity (Wildman–Crippen MR) is 109 cm³/mol. The molecule has 1 atom stereocenters. The van der Waals surface area contributed by atoms with Crippen LogP contribution in [-0.4, -0.2) is 28.6 Å². The van der Waals surface area contributed by atoms with Gasteiger partial charge in [0.25, 0.3) is 0 Å². The number of hydrogen-bond donors (Lipinski definition) is 2. The molecule has 160 valence electrons. The van der Waals surface area contributed by atoms with Crippen molar-refractivity contribution < 1.29 is 17.9 Å². The number of benzene rings is 1. The maximum Gasteiger partial charge on any atom is 0.573 e. The Bertz CT molecular complexity index is 1070. The van der Waals surface area contributed by atoms with Gasteiger partial charge >= 0.3 is 6.36 Å². The molecule has 0 spiro atoms. The Hall–Kier alpha value is -3.61. The first-order valence-corrected chi connectivity index (χ1v) is 9.76. The van der Waals surface area contributed by atoms with Crippen molar-refractivity contribution in [1.82, 2.24) is 9.97 Å². The SMILES string of the molecule is N#Cc1cnc(NCc2ccccc2OC(F)(F)F)nc1NC1CCC2=C(C1)N=CC2. The molecule has 1 aromatic heterocycles. The van der Waals surface area contributed by atoms with Crippen molar-refractivity contribution >= 4 is 18.0 Å². The highest BCUT2D eigenvalue weighted by atomic mass is 19.4. The predicted octanol–water partition coefficient (Wildman–Crippen LogP) is 4.55.